The Morgan fingerprint density at radius 3 is 2.86 bits per heavy atom. The molecule has 0 aliphatic heterocycles. The number of hydrogen-bond donors (Lipinski definition) is 1. The van der Waals surface area contributed by atoms with Crippen LogP contribution in [-0.2, 0) is 6.42 Å². The van der Waals surface area contributed by atoms with Crippen molar-refractivity contribution in [3.63, 3.8) is 0 Å². The zero-order valence-electron chi connectivity index (χ0n) is 8.21. The van der Waals surface area contributed by atoms with Gasteiger partial charge in [-0.3, -0.25) is 4.90 Å². The first-order valence-corrected chi connectivity index (χ1v) is 5.74. The van der Waals surface area contributed by atoms with Crippen LogP contribution in [0.2, 0.25) is 0 Å². The Hall–Kier alpha value is -0.740. The van der Waals surface area contributed by atoms with Crippen LogP contribution in [0.25, 0.3) is 0 Å². The van der Waals surface area contributed by atoms with Crippen LogP contribution in [0.5, 0.6) is 0 Å². The van der Waals surface area contributed by atoms with Crippen molar-refractivity contribution in [1.82, 2.24) is 4.84 Å². The fraction of sp³-hybridized carbons (Fsp3) is 0.444. The summed E-state index contributed by atoms with van der Waals surface area (Å²) in [5.41, 5.74) is 0.957. The number of anilines is 1. The van der Waals surface area contributed by atoms with Gasteiger partial charge in [0.25, 0.3) is 0 Å². The van der Waals surface area contributed by atoms with Crippen molar-refractivity contribution in [2.45, 2.75) is 20.3 Å². The van der Waals surface area contributed by atoms with Gasteiger partial charge in [-0.2, -0.15) is 0 Å². The van der Waals surface area contributed by atoms with Crippen LogP contribution in [-0.4, -0.2) is 12.6 Å². The Morgan fingerprint density at radius 2 is 2.36 bits per heavy atom. The first-order chi connectivity index (χ1) is 6.74. The second kappa shape index (κ2) is 5.22. The van der Waals surface area contributed by atoms with E-state index < -0.39 is 0 Å². The molecule has 1 N–H and O–H groups in total. The van der Waals surface area contributed by atoms with E-state index in [-0.39, 0.29) is 6.03 Å². The second-order valence-corrected chi connectivity index (χ2v) is 3.92. The van der Waals surface area contributed by atoms with Crippen LogP contribution in [0.4, 0.5) is 10.5 Å². The van der Waals surface area contributed by atoms with Crippen molar-refractivity contribution in [2.75, 3.05) is 11.4 Å². The van der Waals surface area contributed by atoms with Crippen molar-refractivity contribution in [3.8, 4) is 0 Å². The van der Waals surface area contributed by atoms with E-state index in [4.69, 9.17) is 11.8 Å². The average molecular weight is 233 g/mol. The normalized spacial score (nSPS) is 9.93. The van der Waals surface area contributed by atoms with Gasteiger partial charge in [0, 0.05) is 23.2 Å². The number of urea groups is 1. The Balaban J connectivity index is 2.94. The van der Waals surface area contributed by atoms with Gasteiger partial charge in [0.2, 0.25) is 0 Å². The lowest BCUT2D eigenvalue weighted by Gasteiger charge is -2.19. The molecule has 0 aromatic carbocycles. The Bertz CT molecular complexity index is 314. The molecule has 0 fully saturated rings. The summed E-state index contributed by atoms with van der Waals surface area (Å²) in [6.45, 7) is 4.60. The van der Waals surface area contributed by atoms with Gasteiger partial charge in [-0.05, 0) is 24.8 Å². The van der Waals surface area contributed by atoms with Gasteiger partial charge < -0.3 is 0 Å². The van der Waals surface area contributed by atoms with Gasteiger partial charge in [-0.15, -0.1) is 11.3 Å². The van der Waals surface area contributed by atoms with E-state index in [0.717, 1.165) is 12.1 Å². The molecule has 0 bridgehead atoms. The van der Waals surface area contributed by atoms with Gasteiger partial charge in [-0.1, -0.05) is 6.92 Å². The minimum atomic E-state index is -0.276. The number of nitrogens with zero attached hydrogens (tertiary/aromatic N) is 1. The molecular formula is C9H13ClN2OS. The van der Waals surface area contributed by atoms with Gasteiger partial charge >= 0.3 is 6.03 Å². The molecule has 78 valence electrons. The van der Waals surface area contributed by atoms with E-state index in [0.29, 0.717) is 6.54 Å². The standard InChI is InChI=1S/C9H13ClN2OS/c1-3-8-7(5-6-14-8)12(4-2)9(13)11-10/h5-6H,3-4H2,1-2H3,(H,11,13). The molecule has 14 heavy (non-hydrogen) atoms. The fourth-order valence-electron chi connectivity index (χ4n) is 1.31. The molecule has 0 aliphatic rings. The first kappa shape index (κ1) is 11.3. The van der Waals surface area contributed by atoms with Crippen LogP contribution in [0.3, 0.4) is 0 Å². The molecule has 1 rings (SSSR count). The van der Waals surface area contributed by atoms with Crippen LogP contribution in [0.1, 0.15) is 18.7 Å². The molecule has 3 nitrogen and oxygen atoms in total. The highest BCUT2D eigenvalue weighted by molar-refractivity contribution is 7.10. The van der Waals surface area contributed by atoms with Gasteiger partial charge in [0.1, 0.15) is 0 Å². The van der Waals surface area contributed by atoms with E-state index in [9.17, 15) is 4.79 Å². The SMILES string of the molecule is CCc1sccc1N(CC)C(=O)NCl. The van der Waals surface area contributed by atoms with Gasteiger partial charge in [-0.25, -0.2) is 9.63 Å². The lowest BCUT2D eigenvalue weighted by Crippen LogP contribution is -2.35. The van der Waals surface area contributed by atoms with E-state index in [1.807, 2.05) is 18.4 Å². The zero-order valence-corrected chi connectivity index (χ0v) is 9.78. The highest BCUT2D eigenvalue weighted by Crippen LogP contribution is 2.26. The number of rotatable bonds is 3. The lowest BCUT2D eigenvalue weighted by atomic mass is 10.3. The maximum atomic E-state index is 11.4. The third-order valence-corrected chi connectivity index (χ3v) is 3.19. The quantitative estimate of drug-likeness (QED) is 0.799. The summed E-state index contributed by atoms with van der Waals surface area (Å²) in [6, 6.07) is 1.67. The van der Waals surface area contributed by atoms with Gasteiger partial charge in [0.05, 0.1) is 5.69 Å². The Labute approximate surface area is 92.8 Å². The molecule has 0 saturated carbocycles. The molecule has 2 amide bonds. The number of halogens is 1. The molecule has 0 spiro atoms. The monoisotopic (exact) mass is 232 g/mol. The van der Waals surface area contributed by atoms with Crippen molar-refractivity contribution in [2.24, 2.45) is 0 Å². The van der Waals surface area contributed by atoms with E-state index in [1.54, 1.807) is 16.2 Å². The lowest BCUT2D eigenvalue weighted by molar-refractivity contribution is 0.251. The molecule has 0 atom stereocenters. The van der Waals surface area contributed by atoms with E-state index >= 15 is 0 Å². The molecule has 1 aromatic heterocycles. The average Bonchev–Trinajstić information content (AvgIpc) is 2.66. The summed E-state index contributed by atoms with van der Waals surface area (Å²) in [5, 5.41) is 1.98. The maximum absolute atomic E-state index is 11.4. The largest absolute Gasteiger partial charge is 0.336 e. The van der Waals surface area contributed by atoms with Crippen LogP contribution in [0, 0.1) is 0 Å². The van der Waals surface area contributed by atoms with Crippen molar-refractivity contribution >= 4 is 34.8 Å². The summed E-state index contributed by atoms with van der Waals surface area (Å²) < 4.78 is 0. The number of aryl methyl sites for hydroxylation is 1. The number of carbonyl (C=O) groups excluding carboxylic acids is 1. The Morgan fingerprint density at radius 1 is 1.64 bits per heavy atom. The molecule has 0 unspecified atom stereocenters. The molecule has 0 radical (unpaired) electrons. The number of nitrogens with one attached hydrogen (secondary N) is 1. The number of carbonyl (C=O) groups is 1. The highest BCUT2D eigenvalue weighted by Gasteiger charge is 2.16. The number of amides is 2. The number of thiophene rings is 1. The third kappa shape index (κ3) is 2.19. The van der Waals surface area contributed by atoms with Crippen LogP contribution in [0.15, 0.2) is 11.4 Å². The van der Waals surface area contributed by atoms with Crippen molar-refractivity contribution in [1.29, 1.82) is 0 Å². The summed E-state index contributed by atoms with van der Waals surface area (Å²) in [7, 11) is 0. The van der Waals surface area contributed by atoms with Gasteiger partial charge in [0.15, 0.2) is 0 Å². The highest BCUT2D eigenvalue weighted by atomic mass is 35.5. The minimum absolute atomic E-state index is 0.276. The van der Waals surface area contributed by atoms with E-state index in [1.165, 1.54) is 4.88 Å². The predicted octanol–water partition coefficient (Wildman–Crippen LogP) is 3.00. The molecular weight excluding hydrogens is 220 g/mol. The molecule has 1 aromatic rings. The van der Waals surface area contributed by atoms with Crippen molar-refractivity contribution < 1.29 is 4.79 Å². The summed E-state index contributed by atoms with van der Waals surface area (Å²) in [5.74, 6) is 0. The molecule has 1 heterocycles. The summed E-state index contributed by atoms with van der Waals surface area (Å²) in [4.78, 5) is 16.3. The van der Waals surface area contributed by atoms with E-state index in [2.05, 4.69) is 11.8 Å². The third-order valence-electron chi connectivity index (χ3n) is 1.98. The summed E-state index contributed by atoms with van der Waals surface area (Å²) >= 11 is 6.96. The maximum Gasteiger partial charge on any atom is 0.336 e. The topological polar surface area (TPSA) is 32.3 Å². The van der Waals surface area contributed by atoms with Crippen LogP contribution >= 0.6 is 23.1 Å². The van der Waals surface area contributed by atoms with Crippen molar-refractivity contribution in [3.05, 3.63) is 16.3 Å². The molecule has 0 aliphatic carbocycles. The van der Waals surface area contributed by atoms with Crippen LogP contribution < -0.4 is 9.74 Å². The first-order valence-electron chi connectivity index (χ1n) is 4.49. The minimum Gasteiger partial charge on any atom is -0.293 e. The predicted molar refractivity (Wildman–Crippen MR) is 61.1 cm³/mol. The smallest absolute Gasteiger partial charge is 0.293 e. The Kier molecular flexibility index (Phi) is 4.22. The molecule has 5 heteroatoms. The molecule has 0 saturated heterocycles. The second-order valence-electron chi connectivity index (χ2n) is 2.73. The summed E-state index contributed by atoms with van der Waals surface area (Å²) in [6.07, 6.45) is 0.930. The number of hydrogen-bond acceptors (Lipinski definition) is 2. The zero-order chi connectivity index (χ0) is 10.6. The fourth-order valence-corrected chi connectivity index (χ4v) is 2.24.